The van der Waals surface area contributed by atoms with E-state index in [2.05, 4.69) is 79.0 Å². The molecule has 4 fully saturated rings. The average molecular weight is 472 g/mol. The highest BCUT2D eigenvalue weighted by atomic mass is 15.4. The first-order valence-corrected chi connectivity index (χ1v) is 14.9. The van der Waals surface area contributed by atoms with Gasteiger partial charge in [0.15, 0.2) is 0 Å². The smallest absolute Gasteiger partial charge is 0.0832 e. The van der Waals surface area contributed by atoms with E-state index in [9.17, 15) is 0 Å². The molecule has 0 radical (unpaired) electrons. The van der Waals surface area contributed by atoms with Crippen molar-refractivity contribution in [1.82, 2.24) is 14.7 Å². The maximum absolute atomic E-state index is 3.04. The molecule has 4 aliphatic heterocycles. The standard InChI is InChI=1S/C32H45N3/c1-5-31-34-29(24-11-8-10-23-25-17-20(2)13-15-27(25)35(31)32(23)24)18-21(3)19-30(34)28-16-14-22-9-6-7-12-26(22)33(28)4/h8,10-11,14,16,18,20-21,23,25-27,30-32H,5-7,9,12-13,15,17,19H2,1-4H3. The molecule has 0 aromatic heterocycles. The number of nitrogens with zero attached hydrogens (tertiary/aromatic N) is 3. The highest BCUT2D eigenvalue weighted by molar-refractivity contribution is 5.48. The zero-order valence-electron chi connectivity index (χ0n) is 22.4. The molecule has 7 rings (SSSR count). The van der Waals surface area contributed by atoms with Crippen LogP contribution in [0.4, 0.5) is 0 Å². The topological polar surface area (TPSA) is 9.72 Å². The monoisotopic (exact) mass is 471 g/mol. The number of allylic oxidation sites excluding steroid dienone is 5. The van der Waals surface area contributed by atoms with Gasteiger partial charge in [-0.15, -0.1) is 0 Å². The molecule has 4 heterocycles. The molecule has 188 valence electrons. The molecule has 3 nitrogen and oxygen atoms in total. The van der Waals surface area contributed by atoms with Crippen molar-refractivity contribution in [3.05, 3.63) is 59.0 Å². The van der Waals surface area contributed by atoms with Crippen molar-refractivity contribution in [2.45, 2.75) is 109 Å². The summed E-state index contributed by atoms with van der Waals surface area (Å²) in [7, 11) is 2.40. The quantitative estimate of drug-likeness (QED) is 0.447. The largest absolute Gasteiger partial charge is 0.369 e. The van der Waals surface area contributed by atoms with Crippen LogP contribution < -0.4 is 0 Å². The minimum atomic E-state index is 0.479. The van der Waals surface area contributed by atoms with Gasteiger partial charge in [-0.1, -0.05) is 57.6 Å². The van der Waals surface area contributed by atoms with Crippen molar-refractivity contribution in [3.63, 3.8) is 0 Å². The van der Waals surface area contributed by atoms with Crippen LogP contribution in [-0.2, 0) is 0 Å². The second kappa shape index (κ2) is 8.40. The fourth-order valence-corrected chi connectivity index (χ4v) is 9.45. The maximum atomic E-state index is 3.04. The summed E-state index contributed by atoms with van der Waals surface area (Å²) in [5.41, 5.74) is 6.46. The van der Waals surface area contributed by atoms with Crippen molar-refractivity contribution >= 4 is 0 Å². The minimum absolute atomic E-state index is 0.479. The summed E-state index contributed by atoms with van der Waals surface area (Å²) in [6, 6.07) is 2.46. The SMILES string of the molecule is CCC1N2C(=CC(C)CC2C2=CC=C3CCCCC3N2C)C2=CC=CC3C4CC(C)CCC4N1C23. The van der Waals surface area contributed by atoms with Gasteiger partial charge in [0.2, 0.25) is 0 Å². The van der Waals surface area contributed by atoms with E-state index in [1.807, 2.05) is 0 Å². The number of fused-ring (bicyclic) bond motifs is 6. The Morgan fingerprint density at radius 2 is 1.86 bits per heavy atom. The number of hydrogen-bond donors (Lipinski definition) is 0. The van der Waals surface area contributed by atoms with Crippen LogP contribution in [0.25, 0.3) is 0 Å². The summed E-state index contributed by atoms with van der Waals surface area (Å²) in [6.07, 6.45) is 27.7. The Bertz CT molecular complexity index is 1030. The molecule has 0 bridgehead atoms. The molecule has 0 amide bonds. The zero-order chi connectivity index (χ0) is 23.8. The van der Waals surface area contributed by atoms with Crippen molar-refractivity contribution in [3.8, 4) is 0 Å². The highest BCUT2D eigenvalue weighted by Crippen LogP contribution is 2.56. The molecule has 7 aliphatic rings. The van der Waals surface area contributed by atoms with Gasteiger partial charge in [-0.25, -0.2) is 0 Å². The Morgan fingerprint density at radius 1 is 0.971 bits per heavy atom. The molecule has 3 heteroatoms. The molecule has 35 heavy (non-hydrogen) atoms. The molecule has 0 spiro atoms. The van der Waals surface area contributed by atoms with E-state index in [1.54, 1.807) is 22.5 Å². The van der Waals surface area contributed by atoms with Gasteiger partial charge in [0.05, 0.1) is 12.2 Å². The van der Waals surface area contributed by atoms with Gasteiger partial charge in [0.25, 0.3) is 0 Å². The molecular weight excluding hydrogens is 426 g/mol. The molecule has 0 N–H and O–H groups in total. The van der Waals surface area contributed by atoms with Gasteiger partial charge >= 0.3 is 0 Å². The summed E-state index contributed by atoms with van der Waals surface area (Å²) >= 11 is 0. The van der Waals surface area contributed by atoms with Gasteiger partial charge in [-0.3, -0.25) is 4.90 Å². The van der Waals surface area contributed by atoms with Crippen molar-refractivity contribution < 1.29 is 0 Å². The Hall–Kier alpha value is -1.74. The Kier molecular flexibility index (Phi) is 5.39. The summed E-state index contributed by atoms with van der Waals surface area (Å²) in [6.45, 7) is 7.41. The van der Waals surface area contributed by atoms with E-state index >= 15 is 0 Å². The van der Waals surface area contributed by atoms with Gasteiger partial charge in [0, 0.05) is 42.5 Å². The average Bonchev–Trinajstić information content (AvgIpc) is 3.19. The van der Waals surface area contributed by atoms with Gasteiger partial charge in [0.1, 0.15) is 0 Å². The maximum Gasteiger partial charge on any atom is 0.0832 e. The molecule has 2 saturated carbocycles. The molecular formula is C32H45N3. The van der Waals surface area contributed by atoms with Gasteiger partial charge in [-0.05, 0) is 86.3 Å². The predicted octanol–water partition coefficient (Wildman–Crippen LogP) is 6.63. The van der Waals surface area contributed by atoms with E-state index in [0.717, 1.165) is 17.9 Å². The first-order chi connectivity index (χ1) is 17.1. The third-order valence-electron chi connectivity index (χ3n) is 10.9. The lowest BCUT2D eigenvalue weighted by Crippen LogP contribution is -2.64. The minimum Gasteiger partial charge on any atom is -0.369 e. The lowest BCUT2D eigenvalue weighted by molar-refractivity contribution is -0.0306. The molecule has 3 aliphatic carbocycles. The summed E-state index contributed by atoms with van der Waals surface area (Å²) in [5.74, 6) is 3.04. The fraction of sp³-hybridized carbons (Fsp3) is 0.688. The summed E-state index contributed by atoms with van der Waals surface area (Å²) < 4.78 is 0. The molecule has 9 unspecified atom stereocenters. The first kappa shape index (κ1) is 22.5. The summed E-state index contributed by atoms with van der Waals surface area (Å²) in [4.78, 5) is 8.66. The van der Waals surface area contributed by atoms with Crippen LogP contribution in [-0.4, -0.2) is 52.1 Å². The molecule has 0 aromatic carbocycles. The van der Waals surface area contributed by atoms with E-state index in [1.165, 1.54) is 57.8 Å². The molecule has 9 atom stereocenters. The lowest BCUT2D eigenvalue weighted by atomic mass is 9.72. The van der Waals surface area contributed by atoms with Crippen molar-refractivity contribution in [2.75, 3.05) is 7.05 Å². The number of hydrogen-bond acceptors (Lipinski definition) is 3. The Labute approximate surface area is 213 Å². The first-order valence-electron chi connectivity index (χ1n) is 14.9. The lowest BCUT2D eigenvalue weighted by Gasteiger charge is -2.58. The van der Waals surface area contributed by atoms with E-state index in [0.29, 0.717) is 36.1 Å². The van der Waals surface area contributed by atoms with E-state index in [4.69, 9.17) is 0 Å². The fourth-order valence-electron chi connectivity index (χ4n) is 9.45. The Morgan fingerprint density at radius 3 is 2.71 bits per heavy atom. The van der Waals surface area contributed by atoms with Crippen LogP contribution in [0.1, 0.15) is 78.6 Å². The van der Waals surface area contributed by atoms with Crippen LogP contribution in [0, 0.1) is 23.7 Å². The predicted molar refractivity (Wildman–Crippen MR) is 144 cm³/mol. The second-order valence-corrected chi connectivity index (χ2v) is 12.9. The van der Waals surface area contributed by atoms with E-state index < -0.39 is 0 Å². The highest BCUT2D eigenvalue weighted by Gasteiger charge is 2.58. The van der Waals surface area contributed by atoms with Crippen LogP contribution in [0.3, 0.4) is 0 Å². The van der Waals surface area contributed by atoms with Crippen LogP contribution in [0.5, 0.6) is 0 Å². The third-order valence-corrected chi connectivity index (χ3v) is 10.9. The number of likely N-dealkylation sites (N-methyl/N-ethyl adjacent to an activating group) is 1. The normalized spacial score (nSPS) is 44.4. The Balaban J connectivity index is 1.32. The third kappa shape index (κ3) is 3.26. The van der Waals surface area contributed by atoms with Crippen LogP contribution in [0.15, 0.2) is 59.0 Å². The van der Waals surface area contributed by atoms with Crippen LogP contribution >= 0.6 is 0 Å². The van der Waals surface area contributed by atoms with E-state index in [-0.39, 0.29) is 0 Å². The van der Waals surface area contributed by atoms with Gasteiger partial charge in [-0.2, -0.15) is 0 Å². The zero-order valence-corrected chi connectivity index (χ0v) is 22.4. The van der Waals surface area contributed by atoms with Crippen molar-refractivity contribution in [2.24, 2.45) is 23.7 Å². The molecule has 2 saturated heterocycles. The van der Waals surface area contributed by atoms with Crippen molar-refractivity contribution in [1.29, 1.82) is 0 Å². The van der Waals surface area contributed by atoms with Gasteiger partial charge < -0.3 is 9.80 Å². The second-order valence-electron chi connectivity index (χ2n) is 12.9. The van der Waals surface area contributed by atoms with Crippen LogP contribution in [0.2, 0.25) is 0 Å². The molecule has 0 aromatic rings. The summed E-state index contributed by atoms with van der Waals surface area (Å²) in [5, 5.41) is 0. The number of rotatable bonds is 2.